The lowest BCUT2D eigenvalue weighted by atomic mass is 10.1. The number of aliphatic imine (C=N–C) groups is 1. The molecule has 2 aromatic rings. The molecule has 24 heavy (non-hydrogen) atoms. The monoisotopic (exact) mass is 323 g/mol. The number of nitrogens with one attached hydrogen (secondary N) is 1. The van der Waals surface area contributed by atoms with Gasteiger partial charge in [0, 0.05) is 38.4 Å². The Morgan fingerprint density at radius 1 is 0.958 bits per heavy atom. The van der Waals surface area contributed by atoms with Gasteiger partial charge < -0.3 is 15.0 Å². The first kappa shape index (κ1) is 16.5. The van der Waals surface area contributed by atoms with Gasteiger partial charge in [-0.3, -0.25) is 4.99 Å². The van der Waals surface area contributed by atoms with Crippen molar-refractivity contribution < 1.29 is 4.74 Å². The third kappa shape index (κ3) is 4.36. The van der Waals surface area contributed by atoms with Crippen LogP contribution in [0.5, 0.6) is 0 Å². The highest BCUT2D eigenvalue weighted by molar-refractivity contribution is 5.99. The summed E-state index contributed by atoms with van der Waals surface area (Å²) in [5.41, 5.74) is 4.73. The van der Waals surface area contributed by atoms with Gasteiger partial charge in [0.05, 0.1) is 13.2 Å². The molecule has 0 saturated heterocycles. The number of hydrogen-bond donors (Lipinski definition) is 1. The third-order valence-electron chi connectivity index (χ3n) is 4.11. The van der Waals surface area contributed by atoms with Crippen molar-refractivity contribution in [2.45, 2.75) is 19.6 Å². The van der Waals surface area contributed by atoms with Gasteiger partial charge in [-0.15, -0.1) is 0 Å². The maximum Gasteiger partial charge on any atom is 0.128 e. The molecule has 0 spiro atoms. The summed E-state index contributed by atoms with van der Waals surface area (Å²) in [6, 6.07) is 16.9. The molecule has 3 rings (SSSR count). The number of hydrogen-bond acceptors (Lipinski definition) is 4. The number of anilines is 1. The summed E-state index contributed by atoms with van der Waals surface area (Å²) in [6.07, 6.45) is 1.12. The van der Waals surface area contributed by atoms with Crippen LogP contribution in [-0.2, 0) is 18.0 Å². The highest BCUT2D eigenvalue weighted by atomic mass is 16.5. The van der Waals surface area contributed by atoms with Crippen molar-refractivity contribution >= 4 is 11.5 Å². The Morgan fingerprint density at radius 2 is 1.58 bits per heavy atom. The molecule has 1 heterocycles. The molecular formula is C20H25N3O. The second kappa shape index (κ2) is 7.97. The number of amidine groups is 1. The maximum atomic E-state index is 5.83. The van der Waals surface area contributed by atoms with Crippen LogP contribution in [0.15, 0.2) is 53.5 Å². The molecule has 0 fully saturated rings. The first-order chi connectivity index (χ1) is 11.7. The summed E-state index contributed by atoms with van der Waals surface area (Å²) < 4.78 is 5.83. The van der Waals surface area contributed by atoms with Crippen LogP contribution in [0.1, 0.15) is 23.1 Å². The van der Waals surface area contributed by atoms with Crippen LogP contribution in [0.4, 0.5) is 5.69 Å². The summed E-state index contributed by atoms with van der Waals surface area (Å²) in [7, 11) is 4.09. The molecule has 4 nitrogen and oxygen atoms in total. The van der Waals surface area contributed by atoms with E-state index < -0.39 is 0 Å². The highest BCUT2D eigenvalue weighted by Crippen LogP contribution is 2.14. The Hall–Kier alpha value is -2.33. The zero-order valence-corrected chi connectivity index (χ0v) is 14.5. The van der Waals surface area contributed by atoms with E-state index in [9.17, 15) is 0 Å². The summed E-state index contributed by atoms with van der Waals surface area (Å²) in [5.74, 6) is 1.01. The fourth-order valence-electron chi connectivity index (χ4n) is 2.66. The molecule has 0 atom stereocenters. The zero-order valence-electron chi connectivity index (χ0n) is 14.5. The average molecular weight is 323 g/mol. The van der Waals surface area contributed by atoms with Crippen molar-refractivity contribution in [3.63, 3.8) is 0 Å². The molecule has 0 aromatic heterocycles. The van der Waals surface area contributed by atoms with Gasteiger partial charge in [0.15, 0.2) is 0 Å². The van der Waals surface area contributed by atoms with E-state index >= 15 is 0 Å². The van der Waals surface area contributed by atoms with Crippen LogP contribution in [0.2, 0.25) is 0 Å². The van der Waals surface area contributed by atoms with Crippen LogP contribution >= 0.6 is 0 Å². The number of ether oxygens (including phenoxy) is 1. The predicted molar refractivity (Wildman–Crippen MR) is 99.7 cm³/mol. The molecule has 0 unspecified atom stereocenters. The fraction of sp³-hybridized carbons (Fsp3) is 0.350. The van der Waals surface area contributed by atoms with Gasteiger partial charge in [-0.05, 0) is 29.7 Å². The second-order valence-corrected chi connectivity index (χ2v) is 6.26. The summed E-state index contributed by atoms with van der Waals surface area (Å²) in [5, 5.41) is 3.35. The lowest BCUT2D eigenvalue weighted by Gasteiger charge is -2.15. The third-order valence-corrected chi connectivity index (χ3v) is 4.11. The smallest absolute Gasteiger partial charge is 0.128 e. The van der Waals surface area contributed by atoms with Crippen LogP contribution in [0.3, 0.4) is 0 Å². The highest BCUT2D eigenvalue weighted by Gasteiger charge is 2.06. The van der Waals surface area contributed by atoms with E-state index in [0.29, 0.717) is 13.2 Å². The molecular weight excluding hydrogens is 298 g/mol. The summed E-state index contributed by atoms with van der Waals surface area (Å²) >= 11 is 0. The van der Waals surface area contributed by atoms with Gasteiger partial charge in [-0.2, -0.15) is 0 Å². The van der Waals surface area contributed by atoms with Crippen LogP contribution in [0, 0.1) is 0 Å². The van der Waals surface area contributed by atoms with E-state index in [1.807, 2.05) is 14.1 Å². The molecule has 0 aliphatic carbocycles. The minimum atomic E-state index is 0.621. The molecule has 1 aliphatic rings. The summed E-state index contributed by atoms with van der Waals surface area (Å²) in [4.78, 5) is 6.62. The molecule has 0 bridgehead atoms. The van der Waals surface area contributed by atoms with Crippen molar-refractivity contribution in [1.29, 1.82) is 0 Å². The normalized spacial score (nSPS) is 14.0. The van der Waals surface area contributed by atoms with Crippen LogP contribution < -0.4 is 10.2 Å². The Labute approximate surface area is 144 Å². The number of rotatable bonds is 6. The van der Waals surface area contributed by atoms with Crippen LogP contribution in [-0.4, -0.2) is 33.0 Å². The minimum absolute atomic E-state index is 0.621. The van der Waals surface area contributed by atoms with E-state index in [2.05, 4.69) is 63.7 Å². The van der Waals surface area contributed by atoms with Crippen molar-refractivity contribution in [3.05, 3.63) is 65.2 Å². The lowest BCUT2D eigenvalue weighted by Crippen LogP contribution is -2.30. The van der Waals surface area contributed by atoms with Gasteiger partial charge in [0.2, 0.25) is 0 Å². The molecule has 126 valence electrons. The first-order valence-corrected chi connectivity index (χ1v) is 8.44. The molecule has 0 amide bonds. The minimum Gasteiger partial charge on any atom is -0.378 e. The Morgan fingerprint density at radius 3 is 2.12 bits per heavy atom. The van der Waals surface area contributed by atoms with E-state index in [1.165, 1.54) is 16.8 Å². The topological polar surface area (TPSA) is 36.9 Å². The number of benzene rings is 2. The second-order valence-electron chi connectivity index (χ2n) is 6.26. The van der Waals surface area contributed by atoms with E-state index in [1.54, 1.807) is 0 Å². The molecule has 1 aliphatic heterocycles. The van der Waals surface area contributed by atoms with Crippen LogP contribution in [0.25, 0.3) is 0 Å². The average Bonchev–Trinajstić information content (AvgIpc) is 2.63. The van der Waals surface area contributed by atoms with Gasteiger partial charge in [-0.25, -0.2) is 0 Å². The Kier molecular flexibility index (Phi) is 5.49. The summed E-state index contributed by atoms with van der Waals surface area (Å²) in [6.45, 7) is 3.18. The Balaban J connectivity index is 1.50. The van der Waals surface area contributed by atoms with Gasteiger partial charge in [-0.1, -0.05) is 36.4 Å². The lowest BCUT2D eigenvalue weighted by molar-refractivity contribution is 0.107. The quantitative estimate of drug-likeness (QED) is 0.887. The molecule has 4 heteroatoms. The standard InChI is InChI=1S/C20H25N3O/c1-23(2)19-10-6-17(7-11-19)15-24-14-16-4-8-18(9-5-16)20-21-12-3-13-22-20/h4-11H,3,12-15H2,1-2H3,(H,21,22). The SMILES string of the molecule is CN(C)c1ccc(COCc2ccc(C3=NCCCN3)cc2)cc1. The van der Waals surface area contributed by atoms with Gasteiger partial charge >= 0.3 is 0 Å². The van der Waals surface area contributed by atoms with Crippen molar-refractivity contribution in [3.8, 4) is 0 Å². The molecule has 2 aromatic carbocycles. The predicted octanol–water partition coefficient (Wildman–Crippen LogP) is 3.21. The maximum absolute atomic E-state index is 5.83. The molecule has 0 saturated carbocycles. The van der Waals surface area contributed by atoms with Crippen molar-refractivity contribution in [2.24, 2.45) is 4.99 Å². The van der Waals surface area contributed by atoms with E-state index in [-0.39, 0.29) is 0 Å². The van der Waals surface area contributed by atoms with Gasteiger partial charge in [0.1, 0.15) is 5.84 Å². The van der Waals surface area contributed by atoms with Crippen molar-refractivity contribution in [1.82, 2.24) is 5.32 Å². The van der Waals surface area contributed by atoms with Gasteiger partial charge in [0.25, 0.3) is 0 Å². The van der Waals surface area contributed by atoms with Crippen molar-refractivity contribution in [2.75, 3.05) is 32.1 Å². The Bertz CT molecular complexity index is 675. The zero-order chi connectivity index (χ0) is 16.8. The van der Waals surface area contributed by atoms with E-state index in [4.69, 9.17) is 4.74 Å². The largest absolute Gasteiger partial charge is 0.378 e. The first-order valence-electron chi connectivity index (χ1n) is 8.44. The van der Waals surface area contributed by atoms with E-state index in [0.717, 1.165) is 30.9 Å². The molecule has 1 N–H and O–H groups in total. The number of nitrogens with zero attached hydrogens (tertiary/aromatic N) is 2. The fourth-order valence-corrected chi connectivity index (χ4v) is 2.66. The molecule has 0 radical (unpaired) electrons.